The molecule has 0 radical (unpaired) electrons. The Morgan fingerprint density at radius 3 is 2.58 bits per heavy atom. The highest BCUT2D eigenvalue weighted by atomic mass is 19.1. The first-order valence-electron chi connectivity index (χ1n) is 7.28. The molecule has 1 N–H and O–H groups in total. The first kappa shape index (κ1) is 14.3. The maximum atomic E-state index is 13.8. The third kappa shape index (κ3) is 3.27. The van der Waals surface area contributed by atoms with E-state index in [-0.39, 0.29) is 12.4 Å². The fourth-order valence-electron chi connectivity index (χ4n) is 3.03. The van der Waals surface area contributed by atoms with Crippen LogP contribution in [0.5, 0.6) is 0 Å². The number of nitrogens with zero attached hydrogens (tertiary/aromatic N) is 1. The number of halogens is 1. The second-order valence-electron chi connectivity index (χ2n) is 5.88. The molecule has 0 spiro atoms. The second-order valence-corrected chi connectivity index (χ2v) is 5.88. The molecule has 0 bridgehead atoms. The molecule has 0 aliphatic heterocycles. The Labute approximate surface area is 115 Å². The monoisotopic (exact) mass is 265 g/mol. The maximum absolute atomic E-state index is 13.8. The van der Waals surface area contributed by atoms with Crippen LogP contribution in [0.1, 0.15) is 45.1 Å². The molecule has 2 nitrogen and oxygen atoms in total. The van der Waals surface area contributed by atoms with Crippen LogP contribution in [0.25, 0.3) is 0 Å². The average Bonchev–Trinajstić information content (AvgIpc) is 2.89. The van der Waals surface area contributed by atoms with Gasteiger partial charge in [-0.2, -0.15) is 0 Å². The SMILES string of the molecule is CC(C)CN(c1cccc(F)c1CO)C1CCCC1. The minimum Gasteiger partial charge on any atom is -0.391 e. The van der Waals surface area contributed by atoms with E-state index in [1.54, 1.807) is 6.07 Å². The number of hydrogen-bond acceptors (Lipinski definition) is 2. The lowest BCUT2D eigenvalue weighted by Crippen LogP contribution is -2.37. The zero-order valence-corrected chi connectivity index (χ0v) is 11.9. The highest BCUT2D eigenvalue weighted by Gasteiger charge is 2.25. The standard InChI is InChI=1S/C16H24FNO/c1-12(2)10-18(13-6-3-4-7-13)16-9-5-8-15(17)14(16)11-19/h5,8-9,12-13,19H,3-4,6-7,10-11H2,1-2H3. The first-order chi connectivity index (χ1) is 9.13. The van der Waals surface area contributed by atoms with Crippen molar-refractivity contribution in [2.24, 2.45) is 5.92 Å². The molecule has 1 aliphatic carbocycles. The van der Waals surface area contributed by atoms with Crippen molar-refractivity contribution < 1.29 is 9.50 Å². The Kier molecular flexibility index (Phi) is 4.81. The summed E-state index contributed by atoms with van der Waals surface area (Å²) in [6.07, 6.45) is 4.86. The van der Waals surface area contributed by atoms with Crippen molar-refractivity contribution in [1.29, 1.82) is 0 Å². The molecule has 1 aliphatic rings. The molecule has 0 aromatic heterocycles. The third-order valence-corrected chi connectivity index (χ3v) is 3.89. The summed E-state index contributed by atoms with van der Waals surface area (Å²) >= 11 is 0. The van der Waals surface area contributed by atoms with Gasteiger partial charge in [-0.25, -0.2) is 4.39 Å². The Bertz CT molecular complexity index is 413. The van der Waals surface area contributed by atoms with Gasteiger partial charge < -0.3 is 10.0 Å². The summed E-state index contributed by atoms with van der Waals surface area (Å²) < 4.78 is 13.8. The normalized spacial score (nSPS) is 16.3. The van der Waals surface area contributed by atoms with Crippen molar-refractivity contribution in [2.75, 3.05) is 11.4 Å². The molecule has 1 aromatic rings. The van der Waals surface area contributed by atoms with Crippen LogP contribution in [0.4, 0.5) is 10.1 Å². The van der Waals surface area contributed by atoms with Crippen LogP contribution in [0.2, 0.25) is 0 Å². The Morgan fingerprint density at radius 2 is 2.00 bits per heavy atom. The summed E-state index contributed by atoms with van der Waals surface area (Å²) in [5.41, 5.74) is 1.32. The first-order valence-corrected chi connectivity index (χ1v) is 7.28. The van der Waals surface area contributed by atoms with Crippen molar-refractivity contribution in [2.45, 2.75) is 52.2 Å². The van der Waals surface area contributed by atoms with Gasteiger partial charge >= 0.3 is 0 Å². The van der Waals surface area contributed by atoms with E-state index < -0.39 is 0 Å². The third-order valence-electron chi connectivity index (χ3n) is 3.89. The topological polar surface area (TPSA) is 23.5 Å². The molecule has 19 heavy (non-hydrogen) atoms. The number of anilines is 1. The van der Waals surface area contributed by atoms with E-state index in [1.807, 2.05) is 6.07 Å². The quantitative estimate of drug-likeness (QED) is 0.877. The molecule has 106 valence electrons. The molecule has 2 rings (SSSR count). The molecule has 1 fully saturated rings. The van der Waals surface area contributed by atoms with Crippen LogP contribution in [-0.4, -0.2) is 17.7 Å². The number of benzene rings is 1. The van der Waals surface area contributed by atoms with E-state index in [2.05, 4.69) is 18.7 Å². The van der Waals surface area contributed by atoms with E-state index in [9.17, 15) is 9.50 Å². The predicted octanol–water partition coefficient (Wildman–Crippen LogP) is 3.72. The summed E-state index contributed by atoms with van der Waals surface area (Å²) in [4.78, 5) is 2.31. The summed E-state index contributed by atoms with van der Waals surface area (Å²) in [5.74, 6) is 0.224. The number of aliphatic hydroxyl groups is 1. The van der Waals surface area contributed by atoms with Crippen LogP contribution in [0.3, 0.4) is 0 Å². The summed E-state index contributed by atoms with van der Waals surface area (Å²) in [5, 5.41) is 9.46. The molecule has 3 heteroatoms. The van der Waals surface area contributed by atoms with Gasteiger partial charge in [-0.05, 0) is 30.9 Å². The van der Waals surface area contributed by atoms with Crippen LogP contribution < -0.4 is 4.90 Å². The Morgan fingerprint density at radius 1 is 1.32 bits per heavy atom. The van der Waals surface area contributed by atoms with E-state index >= 15 is 0 Å². The molecular weight excluding hydrogens is 241 g/mol. The van der Waals surface area contributed by atoms with E-state index in [0.717, 1.165) is 12.2 Å². The molecule has 0 amide bonds. The van der Waals surface area contributed by atoms with Gasteiger partial charge in [0.05, 0.1) is 6.61 Å². The summed E-state index contributed by atoms with van der Waals surface area (Å²) in [6, 6.07) is 5.60. The lowest BCUT2D eigenvalue weighted by Gasteiger charge is -2.34. The number of rotatable bonds is 5. The van der Waals surface area contributed by atoms with Crippen LogP contribution in [-0.2, 0) is 6.61 Å². The van der Waals surface area contributed by atoms with Gasteiger partial charge in [-0.1, -0.05) is 32.8 Å². The fraction of sp³-hybridized carbons (Fsp3) is 0.625. The molecule has 0 saturated heterocycles. The van der Waals surface area contributed by atoms with Crippen molar-refractivity contribution in [1.82, 2.24) is 0 Å². The van der Waals surface area contributed by atoms with Crippen molar-refractivity contribution in [3.05, 3.63) is 29.6 Å². The maximum Gasteiger partial charge on any atom is 0.130 e. The van der Waals surface area contributed by atoms with E-state index in [4.69, 9.17) is 0 Å². The highest BCUT2D eigenvalue weighted by Crippen LogP contribution is 2.32. The molecule has 1 aromatic carbocycles. The van der Waals surface area contributed by atoms with Gasteiger partial charge in [0.1, 0.15) is 5.82 Å². The largest absolute Gasteiger partial charge is 0.391 e. The predicted molar refractivity (Wildman–Crippen MR) is 76.8 cm³/mol. The van der Waals surface area contributed by atoms with Gasteiger partial charge in [0.2, 0.25) is 0 Å². The van der Waals surface area contributed by atoms with Crippen LogP contribution in [0, 0.1) is 11.7 Å². The summed E-state index contributed by atoms with van der Waals surface area (Å²) in [7, 11) is 0. The van der Waals surface area contributed by atoms with E-state index in [0.29, 0.717) is 17.5 Å². The van der Waals surface area contributed by atoms with Crippen molar-refractivity contribution in [3.63, 3.8) is 0 Å². The molecule has 1 saturated carbocycles. The molecule has 0 atom stereocenters. The average molecular weight is 265 g/mol. The second kappa shape index (κ2) is 6.38. The Balaban J connectivity index is 2.33. The number of hydrogen-bond donors (Lipinski definition) is 1. The number of aliphatic hydroxyl groups excluding tert-OH is 1. The van der Waals surface area contributed by atoms with Gasteiger partial charge in [-0.3, -0.25) is 0 Å². The van der Waals surface area contributed by atoms with Crippen LogP contribution in [0.15, 0.2) is 18.2 Å². The molecule has 0 unspecified atom stereocenters. The Hall–Kier alpha value is -1.09. The van der Waals surface area contributed by atoms with Crippen molar-refractivity contribution in [3.8, 4) is 0 Å². The van der Waals surface area contributed by atoms with Gasteiger partial charge in [0.15, 0.2) is 0 Å². The van der Waals surface area contributed by atoms with Gasteiger partial charge in [0, 0.05) is 23.8 Å². The van der Waals surface area contributed by atoms with E-state index in [1.165, 1.54) is 31.7 Å². The van der Waals surface area contributed by atoms with Gasteiger partial charge in [0.25, 0.3) is 0 Å². The van der Waals surface area contributed by atoms with Crippen molar-refractivity contribution >= 4 is 5.69 Å². The van der Waals surface area contributed by atoms with Crippen LogP contribution >= 0.6 is 0 Å². The smallest absolute Gasteiger partial charge is 0.130 e. The minimum absolute atomic E-state index is 0.233. The molecule has 0 heterocycles. The lowest BCUT2D eigenvalue weighted by atomic mass is 10.1. The molecular formula is C16H24FNO. The lowest BCUT2D eigenvalue weighted by molar-refractivity contribution is 0.275. The zero-order chi connectivity index (χ0) is 13.8. The summed E-state index contributed by atoms with van der Waals surface area (Å²) in [6.45, 7) is 5.05. The highest BCUT2D eigenvalue weighted by molar-refractivity contribution is 5.55. The fourth-order valence-corrected chi connectivity index (χ4v) is 3.03. The van der Waals surface area contributed by atoms with Gasteiger partial charge in [-0.15, -0.1) is 0 Å². The minimum atomic E-state index is -0.299. The zero-order valence-electron chi connectivity index (χ0n) is 11.9.